The van der Waals surface area contributed by atoms with Crippen molar-refractivity contribution in [3.8, 4) is 11.5 Å². The molecule has 0 aliphatic heterocycles. The van der Waals surface area contributed by atoms with Crippen LogP contribution in [0, 0.1) is 0 Å². The predicted octanol–water partition coefficient (Wildman–Crippen LogP) is 2.45. The lowest BCUT2D eigenvalue weighted by molar-refractivity contribution is -0.274. The first-order chi connectivity index (χ1) is 7.92. The zero-order valence-corrected chi connectivity index (χ0v) is 8.91. The van der Waals surface area contributed by atoms with Gasteiger partial charge in [-0.2, -0.15) is 0 Å². The van der Waals surface area contributed by atoms with E-state index in [1.54, 1.807) is 6.07 Å². The quantitative estimate of drug-likeness (QED) is 0.892. The van der Waals surface area contributed by atoms with E-state index < -0.39 is 6.36 Å². The summed E-state index contributed by atoms with van der Waals surface area (Å²) in [4.78, 5) is 0. The van der Waals surface area contributed by atoms with Crippen LogP contribution in [0.25, 0.3) is 0 Å². The molecule has 1 saturated carbocycles. The van der Waals surface area contributed by atoms with Crippen molar-refractivity contribution >= 4 is 0 Å². The molecular formula is C11H12F3NO2. The van der Waals surface area contributed by atoms with Gasteiger partial charge in [0.05, 0.1) is 0 Å². The lowest BCUT2D eigenvalue weighted by atomic mass is 9.90. The lowest BCUT2D eigenvalue weighted by Gasteiger charge is -2.32. The summed E-state index contributed by atoms with van der Waals surface area (Å²) in [6, 6.07) is 5.63. The van der Waals surface area contributed by atoms with Crippen molar-refractivity contribution in [2.75, 3.05) is 0 Å². The van der Waals surface area contributed by atoms with Gasteiger partial charge >= 0.3 is 6.36 Å². The number of halogens is 3. The van der Waals surface area contributed by atoms with Crippen molar-refractivity contribution in [1.82, 2.24) is 0 Å². The Morgan fingerprint density at radius 3 is 2.41 bits per heavy atom. The molecule has 1 aromatic rings. The van der Waals surface area contributed by atoms with E-state index in [4.69, 9.17) is 10.5 Å². The van der Waals surface area contributed by atoms with Crippen molar-refractivity contribution in [3.63, 3.8) is 0 Å². The molecule has 2 N–H and O–H groups in total. The van der Waals surface area contributed by atoms with Crippen LogP contribution in [-0.2, 0) is 0 Å². The van der Waals surface area contributed by atoms with E-state index >= 15 is 0 Å². The van der Waals surface area contributed by atoms with Crippen molar-refractivity contribution in [2.24, 2.45) is 5.73 Å². The second-order valence-electron chi connectivity index (χ2n) is 3.99. The molecule has 0 unspecified atom stereocenters. The minimum Gasteiger partial charge on any atom is -0.490 e. The van der Waals surface area contributed by atoms with E-state index in [2.05, 4.69) is 4.74 Å². The molecule has 94 valence electrons. The summed E-state index contributed by atoms with van der Waals surface area (Å²) in [5.41, 5.74) is 5.58. The minimum absolute atomic E-state index is 0.00821. The Morgan fingerprint density at radius 2 is 1.82 bits per heavy atom. The van der Waals surface area contributed by atoms with Gasteiger partial charge in [-0.3, -0.25) is 0 Å². The molecule has 6 heteroatoms. The lowest BCUT2D eigenvalue weighted by Crippen LogP contribution is -2.43. The van der Waals surface area contributed by atoms with Gasteiger partial charge < -0.3 is 15.2 Å². The van der Waals surface area contributed by atoms with E-state index in [1.165, 1.54) is 18.2 Å². The molecule has 1 aliphatic carbocycles. The van der Waals surface area contributed by atoms with Gasteiger partial charge in [-0.25, -0.2) is 0 Å². The van der Waals surface area contributed by atoms with Crippen molar-refractivity contribution in [1.29, 1.82) is 0 Å². The van der Waals surface area contributed by atoms with Crippen LogP contribution < -0.4 is 15.2 Å². The van der Waals surface area contributed by atoms with E-state index in [-0.39, 0.29) is 17.9 Å². The summed E-state index contributed by atoms with van der Waals surface area (Å²) in [5.74, 6) is 0.0854. The van der Waals surface area contributed by atoms with Crippen molar-refractivity contribution < 1.29 is 22.6 Å². The fourth-order valence-electron chi connectivity index (χ4n) is 1.64. The van der Waals surface area contributed by atoms with Crippen LogP contribution in [0.3, 0.4) is 0 Å². The van der Waals surface area contributed by atoms with Crippen LogP contribution in [0.2, 0.25) is 0 Å². The molecule has 3 nitrogen and oxygen atoms in total. The number of ether oxygens (including phenoxy) is 2. The second kappa shape index (κ2) is 4.44. The molecule has 0 heterocycles. The normalized spacial score (nSPS) is 24.0. The fraction of sp³-hybridized carbons (Fsp3) is 0.455. The van der Waals surface area contributed by atoms with E-state index in [9.17, 15) is 13.2 Å². The average molecular weight is 247 g/mol. The van der Waals surface area contributed by atoms with Crippen molar-refractivity contribution in [3.05, 3.63) is 24.3 Å². The van der Waals surface area contributed by atoms with Crippen LogP contribution in [0.5, 0.6) is 11.5 Å². The molecule has 0 bridgehead atoms. The van der Waals surface area contributed by atoms with Gasteiger partial charge in [-0.05, 0) is 25.0 Å². The highest BCUT2D eigenvalue weighted by molar-refractivity contribution is 5.33. The monoisotopic (exact) mass is 247 g/mol. The summed E-state index contributed by atoms with van der Waals surface area (Å²) in [7, 11) is 0. The first kappa shape index (κ1) is 12.0. The minimum atomic E-state index is -4.68. The average Bonchev–Trinajstić information content (AvgIpc) is 2.13. The zero-order valence-electron chi connectivity index (χ0n) is 8.91. The highest BCUT2D eigenvalue weighted by Gasteiger charge is 2.31. The molecule has 0 radical (unpaired) electrons. The standard InChI is InChI=1S/C11H12F3NO2/c12-11(13,14)17-9-3-1-2-8(6-9)16-10-4-7(15)5-10/h1-3,6-7,10H,4-5,15H2. The molecule has 1 aromatic carbocycles. The van der Waals surface area contributed by atoms with Gasteiger partial charge in [-0.15, -0.1) is 13.2 Å². The maximum Gasteiger partial charge on any atom is 0.573 e. The molecule has 1 fully saturated rings. The number of rotatable bonds is 3. The van der Waals surface area contributed by atoms with Gasteiger partial charge in [0, 0.05) is 12.1 Å². The summed E-state index contributed by atoms with van der Waals surface area (Å²) in [6.07, 6.45) is -3.24. The third-order valence-corrected chi connectivity index (χ3v) is 2.47. The van der Waals surface area contributed by atoms with Gasteiger partial charge in [0.15, 0.2) is 0 Å². The highest BCUT2D eigenvalue weighted by atomic mass is 19.4. The molecule has 0 atom stereocenters. The first-order valence-corrected chi connectivity index (χ1v) is 5.20. The highest BCUT2D eigenvalue weighted by Crippen LogP contribution is 2.29. The Morgan fingerprint density at radius 1 is 1.18 bits per heavy atom. The molecule has 2 rings (SSSR count). The Kier molecular flexibility index (Phi) is 3.15. The second-order valence-corrected chi connectivity index (χ2v) is 3.99. The van der Waals surface area contributed by atoms with Gasteiger partial charge in [0.25, 0.3) is 0 Å². The third-order valence-electron chi connectivity index (χ3n) is 2.47. The topological polar surface area (TPSA) is 44.5 Å². The van der Waals surface area contributed by atoms with Crippen molar-refractivity contribution in [2.45, 2.75) is 31.3 Å². The maximum absolute atomic E-state index is 12.0. The maximum atomic E-state index is 12.0. The molecule has 0 saturated heterocycles. The third kappa shape index (κ3) is 3.52. The predicted molar refractivity (Wildman–Crippen MR) is 54.8 cm³/mol. The van der Waals surface area contributed by atoms with Crippen LogP contribution in [0.4, 0.5) is 13.2 Å². The number of alkyl halides is 3. The van der Waals surface area contributed by atoms with Crippen LogP contribution in [0.1, 0.15) is 12.8 Å². The summed E-state index contributed by atoms with van der Waals surface area (Å²) in [5, 5.41) is 0. The molecular weight excluding hydrogens is 235 g/mol. The number of hydrogen-bond donors (Lipinski definition) is 1. The van der Waals surface area contributed by atoms with Crippen LogP contribution in [0.15, 0.2) is 24.3 Å². The van der Waals surface area contributed by atoms with E-state index in [0.29, 0.717) is 5.75 Å². The fourth-order valence-corrected chi connectivity index (χ4v) is 1.64. The number of nitrogens with two attached hydrogens (primary N) is 1. The van der Waals surface area contributed by atoms with Gasteiger partial charge in [-0.1, -0.05) is 6.07 Å². The first-order valence-electron chi connectivity index (χ1n) is 5.20. The molecule has 1 aliphatic rings. The molecule has 0 amide bonds. The SMILES string of the molecule is NC1CC(Oc2cccc(OC(F)(F)F)c2)C1. The molecule has 0 aromatic heterocycles. The zero-order chi connectivity index (χ0) is 12.5. The smallest absolute Gasteiger partial charge is 0.490 e. The molecule has 17 heavy (non-hydrogen) atoms. The van der Waals surface area contributed by atoms with Gasteiger partial charge in [0.2, 0.25) is 0 Å². The number of hydrogen-bond acceptors (Lipinski definition) is 3. The molecule has 0 spiro atoms. The Labute approximate surface area is 96.3 Å². The summed E-state index contributed by atoms with van der Waals surface area (Å²) < 4.78 is 45.2. The number of benzene rings is 1. The summed E-state index contributed by atoms with van der Waals surface area (Å²) >= 11 is 0. The van der Waals surface area contributed by atoms with Crippen LogP contribution in [-0.4, -0.2) is 18.5 Å². The van der Waals surface area contributed by atoms with E-state index in [0.717, 1.165) is 12.8 Å². The summed E-state index contributed by atoms with van der Waals surface area (Å²) in [6.45, 7) is 0. The Balaban J connectivity index is 1.96. The van der Waals surface area contributed by atoms with E-state index in [1.807, 2.05) is 0 Å². The Hall–Kier alpha value is -1.43. The van der Waals surface area contributed by atoms with Crippen LogP contribution >= 0.6 is 0 Å². The largest absolute Gasteiger partial charge is 0.573 e. The van der Waals surface area contributed by atoms with Gasteiger partial charge in [0.1, 0.15) is 17.6 Å². The Bertz CT molecular complexity index is 389.